The average molecular weight is 260 g/mol. The molecular weight excluding hydrogens is 240 g/mol. The number of benzene rings is 1. The fourth-order valence-corrected chi connectivity index (χ4v) is 2.62. The van der Waals surface area contributed by atoms with Gasteiger partial charge in [0.25, 0.3) is 0 Å². The van der Waals surface area contributed by atoms with E-state index < -0.39 is 0 Å². The highest BCUT2D eigenvalue weighted by molar-refractivity contribution is 5.79. The molecule has 2 heterocycles. The summed E-state index contributed by atoms with van der Waals surface area (Å²) in [7, 11) is 2.12. The van der Waals surface area contributed by atoms with Crippen molar-refractivity contribution in [2.75, 3.05) is 32.5 Å². The van der Waals surface area contributed by atoms with E-state index in [1.54, 1.807) is 0 Å². The van der Waals surface area contributed by atoms with Crippen molar-refractivity contribution in [3.8, 4) is 0 Å². The van der Waals surface area contributed by atoms with Crippen molar-refractivity contribution in [3.05, 3.63) is 23.8 Å². The summed E-state index contributed by atoms with van der Waals surface area (Å²) in [6, 6.07) is 6.21. The van der Waals surface area contributed by atoms with Crippen LogP contribution >= 0.6 is 0 Å². The Labute approximate surface area is 113 Å². The molecule has 1 aliphatic heterocycles. The Balaban J connectivity index is 1.91. The lowest BCUT2D eigenvalue weighted by Gasteiger charge is -2.30. The van der Waals surface area contributed by atoms with Gasteiger partial charge in [-0.15, -0.1) is 0 Å². The first kappa shape index (κ1) is 12.4. The number of hydrogen-bond acceptors (Lipinski definition) is 4. The molecule has 2 N–H and O–H groups in total. The predicted octanol–water partition coefficient (Wildman–Crippen LogP) is 1.26. The van der Waals surface area contributed by atoms with Gasteiger partial charge in [-0.25, -0.2) is 4.98 Å². The lowest BCUT2D eigenvalue weighted by atomic mass is 10.2. The highest BCUT2D eigenvalue weighted by atomic mass is 16.5. The highest BCUT2D eigenvalue weighted by Gasteiger charge is 2.20. The number of anilines is 1. The van der Waals surface area contributed by atoms with Crippen molar-refractivity contribution in [1.29, 1.82) is 0 Å². The summed E-state index contributed by atoms with van der Waals surface area (Å²) >= 11 is 0. The monoisotopic (exact) mass is 260 g/mol. The number of hydrogen-bond donors (Lipinski definition) is 1. The zero-order chi connectivity index (χ0) is 13.4. The van der Waals surface area contributed by atoms with E-state index in [2.05, 4.69) is 40.6 Å². The number of nitrogens with zero attached hydrogens (tertiary/aromatic N) is 3. The maximum Gasteiger partial charge on any atom is 0.201 e. The van der Waals surface area contributed by atoms with Crippen LogP contribution in [0, 0.1) is 6.92 Å². The largest absolute Gasteiger partial charge is 0.374 e. The number of likely N-dealkylation sites (N-methyl/N-ethyl adjacent to an activating group) is 1. The molecule has 1 saturated heterocycles. The quantitative estimate of drug-likeness (QED) is 0.883. The van der Waals surface area contributed by atoms with Crippen LogP contribution in [0.5, 0.6) is 0 Å². The smallest absolute Gasteiger partial charge is 0.201 e. The predicted molar refractivity (Wildman–Crippen MR) is 76.1 cm³/mol. The van der Waals surface area contributed by atoms with Crippen LogP contribution in [-0.2, 0) is 11.3 Å². The van der Waals surface area contributed by atoms with Gasteiger partial charge in [0.2, 0.25) is 5.95 Å². The van der Waals surface area contributed by atoms with E-state index in [4.69, 9.17) is 10.5 Å². The number of nitrogen functional groups attached to an aromatic ring is 1. The van der Waals surface area contributed by atoms with E-state index in [1.165, 1.54) is 5.56 Å². The zero-order valence-corrected chi connectivity index (χ0v) is 11.5. The molecule has 2 aromatic rings. The van der Waals surface area contributed by atoms with Gasteiger partial charge >= 0.3 is 0 Å². The number of aryl methyl sites for hydroxylation is 1. The van der Waals surface area contributed by atoms with Crippen LogP contribution in [0.15, 0.2) is 18.2 Å². The molecule has 1 aliphatic rings. The summed E-state index contributed by atoms with van der Waals surface area (Å²) in [5.41, 5.74) is 9.30. The minimum absolute atomic E-state index is 0.180. The fourth-order valence-electron chi connectivity index (χ4n) is 2.62. The third-order valence-electron chi connectivity index (χ3n) is 3.66. The molecule has 0 aliphatic carbocycles. The number of imidazole rings is 1. The molecule has 0 radical (unpaired) electrons. The molecule has 0 spiro atoms. The van der Waals surface area contributed by atoms with Crippen molar-refractivity contribution in [2.24, 2.45) is 0 Å². The third-order valence-corrected chi connectivity index (χ3v) is 3.66. The molecule has 3 rings (SSSR count). The van der Waals surface area contributed by atoms with Gasteiger partial charge in [0, 0.05) is 13.1 Å². The molecule has 5 nitrogen and oxygen atoms in total. The summed E-state index contributed by atoms with van der Waals surface area (Å²) < 4.78 is 7.87. The number of rotatable bonds is 2. The number of morpholine rings is 1. The molecule has 102 valence electrons. The summed E-state index contributed by atoms with van der Waals surface area (Å²) in [4.78, 5) is 6.70. The van der Waals surface area contributed by atoms with Gasteiger partial charge < -0.3 is 19.9 Å². The van der Waals surface area contributed by atoms with Crippen molar-refractivity contribution >= 4 is 17.0 Å². The molecule has 1 fully saturated rings. The molecule has 0 bridgehead atoms. The molecule has 19 heavy (non-hydrogen) atoms. The molecule has 0 saturated carbocycles. The van der Waals surface area contributed by atoms with E-state index in [-0.39, 0.29) is 6.10 Å². The topological polar surface area (TPSA) is 56.3 Å². The number of nitrogens with two attached hydrogens (primary N) is 1. The van der Waals surface area contributed by atoms with E-state index in [0.717, 1.165) is 37.3 Å². The molecule has 1 unspecified atom stereocenters. The fraction of sp³-hybridized carbons (Fsp3) is 0.500. The molecule has 5 heteroatoms. The standard InChI is InChI=1S/C14H20N4O/c1-10-3-4-12-13(7-10)18(14(15)16-12)9-11-8-17(2)5-6-19-11/h3-4,7,11H,5-6,8-9H2,1-2H3,(H2,15,16). The number of ether oxygens (including phenoxy) is 1. The van der Waals surface area contributed by atoms with Gasteiger partial charge in [0.05, 0.1) is 30.3 Å². The van der Waals surface area contributed by atoms with Gasteiger partial charge in [-0.2, -0.15) is 0 Å². The average Bonchev–Trinajstić information content (AvgIpc) is 2.66. The second-order valence-electron chi connectivity index (χ2n) is 5.33. The summed E-state index contributed by atoms with van der Waals surface area (Å²) in [5, 5.41) is 0. The van der Waals surface area contributed by atoms with Crippen molar-refractivity contribution in [3.63, 3.8) is 0 Å². The van der Waals surface area contributed by atoms with Crippen LogP contribution in [0.4, 0.5) is 5.95 Å². The SMILES string of the molecule is Cc1ccc2nc(N)n(CC3CN(C)CCO3)c2c1. The van der Waals surface area contributed by atoms with E-state index in [1.807, 2.05) is 6.07 Å². The lowest BCUT2D eigenvalue weighted by molar-refractivity contribution is -0.0267. The first-order valence-corrected chi connectivity index (χ1v) is 6.66. The van der Waals surface area contributed by atoms with Crippen LogP contribution in [0.25, 0.3) is 11.0 Å². The van der Waals surface area contributed by atoms with Crippen LogP contribution in [-0.4, -0.2) is 47.3 Å². The van der Waals surface area contributed by atoms with Gasteiger partial charge in [-0.3, -0.25) is 0 Å². The second-order valence-corrected chi connectivity index (χ2v) is 5.33. The summed E-state index contributed by atoms with van der Waals surface area (Å²) in [5.74, 6) is 0.567. The molecule has 1 aromatic heterocycles. The Morgan fingerprint density at radius 3 is 3.11 bits per heavy atom. The van der Waals surface area contributed by atoms with Crippen molar-refractivity contribution < 1.29 is 4.74 Å². The Hall–Kier alpha value is -1.59. The van der Waals surface area contributed by atoms with Crippen LogP contribution in [0.1, 0.15) is 5.56 Å². The van der Waals surface area contributed by atoms with Gasteiger partial charge in [-0.1, -0.05) is 6.07 Å². The Bertz CT molecular complexity index is 592. The van der Waals surface area contributed by atoms with Gasteiger partial charge in [0.15, 0.2) is 0 Å². The maximum atomic E-state index is 6.04. The molecular formula is C14H20N4O. The Morgan fingerprint density at radius 2 is 2.32 bits per heavy atom. The van der Waals surface area contributed by atoms with Crippen molar-refractivity contribution in [1.82, 2.24) is 14.5 Å². The van der Waals surface area contributed by atoms with Crippen LogP contribution < -0.4 is 5.73 Å². The molecule has 0 amide bonds. The van der Waals surface area contributed by atoms with E-state index in [0.29, 0.717) is 5.95 Å². The maximum absolute atomic E-state index is 6.04. The number of fused-ring (bicyclic) bond motifs is 1. The first-order chi connectivity index (χ1) is 9.13. The second kappa shape index (κ2) is 4.83. The number of aromatic nitrogens is 2. The summed E-state index contributed by atoms with van der Waals surface area (Å²) in [6.45, 7) is 5.56. The van der Waals surface area contributed by atoms with Crippen molar-refractivity contribution in [2.45, 2.75) is 19.6 Å². The highest BCUT2D eigenvalue weighted by Crippen LogP contribution is 2.20. The molecule has 1 aromatic carbocycles. The first-order valence-electron chi connectivity index (χ1n) is 6.66. The summed E-state index contributed by atoms with van der Waals surface area (Å²) in [6.07, 6.45) is 0.180. The Kier molecular flexibility index (Phi) is 3.16. The molecule has 1 atom stereocenters. The minimum Gasteiger partial charge on any atom is -0.374 e. The normalized spacial score (nSPS) is 21.1. The van der Waals surface area contributed by atoms with Gasteiger partial charge in [-0.05, 0) is 31.7 Å². The lowest BCUT2D eigenvalue weighted by Crippen LogP contribution is -2.42. The van der Waals surface area contributed by atoms with E-state index in [9.17, 15) is 0 Å². The Morgan fingerprint density at radius 1 is 1.47 bits per heavy atom. The van der Waals surface area contributed by atoms with Crippen LogP contribution in [0.3, 0.4) is 0 Å². The zero-order valence-electron chi connectivity index (χ0n) is 11.5. The van der Waals surface area contributed by atoms with Crippen LogP contribution in [0.2, 0.25) is 0 Å². The minimum atomic E-state index is 0.180. The van der Waals surface area contributed by atoms with Gasteiger partial charge in [0.1, 0.15) is 0 Å². The van der Waals surface area contributed by atoms with E-state index >= 15 is 0 Å². The third kappa shape index (κ3) is 2.43.